The van der Waals surface area contributed by atoms with Crippen LogP contribution in [0.4, 0.5) is 0 Å². The molecule has 0 aromatic heterocycles. The van der Waals surface area contributed by atoms with Crippen LogP contribution in [0.3, 0.4) is 0 Å². The van der Waals surface area contributed by atoms with Crippen molar-refractivity contribution in [2.45, 2.75) is 59.8 Å². The molecule has 0 N–H and O–H groups in total. The summed E-state index contributed by atoms with van der Waals surface area (Å²) in [5.41, 5.74) is 8.89. The molecule has 4 rings (SSSR count). The number of hydrogen-bond acceptors (Lipinski definition) is 0. The smallest absolute Gasteiger partial charge is 0.00323 e. The average molecular weight is 333 g/mol. The second kappa shape index (κ2) is 8.85. The number of rotatable bonds is 2. The van der Waals surface area contributed by atoms with Crippen LogP contribution in [-0.4, -0.2) is 0 Å². The summed E-state index contributed by atoms with van der Waals surface area (Å²) in [7, 11) is 0. The Bertz CT molecular complexity index is 696. The second-order valence-electron chi connectivity index (χ2n) is 6.32. The second-order valence-corrected chi connectivity index (χ2v) is 6.32. The zero-order chi connectivity index (χ0) is 18.4. The van der Waals surface area contributed by atoms with Crippen LogP contribution >= 0.6 is 0 Å². The first kappa shape index (κ1) is 19.2. The lowest BCUT2D eigenvalue weighted by Gasteiger charge is -2.15. The fraction of sp³-hybridized carbons (Fsp3) is 0.360. The summed E-state index contributed by atoms with van der Waals surface area (Å²) in [5.74, 6) is 1.11. The van der Waals surface area contributed by atoms with Crippen LogP contribution in [0.1, 0.15) is 82.1 Å². The fourth-order valence-electron chi connectivity index (χ4n) is 3.77. The van der Waals surface area contributed by atoms with Gasteiger partial charge in [0.05, 0.1) is 0 Å². The zero-order valence-electron chi connectivity index (χ0n) is 16.6. The van der Waals surface area contributed by atoms with Crippen molar-refractivity contribution in [3.05, 3.63) is 81.9 Å². The molecule has 2 aliphatic rings. The van der Waals surface area contributed by atoms with Gasteiger partial charge in [-0.05, 0) is 28.7 Å². The molecule has 0 radical (unpaired) electrons. The summed E-state index contributed by atoms with van der Waals surface area (Å²) in [5, 5.41) is 0. The molecule has 0 nitrogen and oxygen atoms in total. The van der Waals surface area contributed by atoms with Crippen molar-refractivity contribution in [2.24, 2.45) is 0 Å². The predicted octanol–water partition coefficient (Wildman–Crippen LogP) is 7.83. The summed E-state index contributed by atoms with van der Waals surface area (Å²) >= 11 is 0. The largest absolute Gasteiger partial charge is 0.0683 e. The molecule has 2 aliphatic carbocycles. The van der Waals surface area contributed by atoms with Crippen molar-refractivity contribution in [2.75, 3.05) is 0 Å². The third-order valence-corrected chi connectivity index (χ3v) is 5.13. The lowest BCUT2D eigenvalue weighted by atomic mass is 9.89. The van der Waals surface area contributed by atoms with Crippen molar-refractivity contribution in [3.63, 3.8) is 0 Å². The first-order valence-corrected chi connectivity index (χ1v) is 9.83. The van der Waals surface area contributed by atoms with Gasteiger partial charge in [0.15, 0.2) is 0 Å². The van der Waals surface area contributed by atoms with Crippen LogP contribution in [0, 0.1) is 0 Å². The van der Waals surface area contributed by atoms with E-state index in [-0.39, 0.29) is 0 Å². The highest BCUT2D eigenvalue weighted by Gasteiger charge is 2.26. The van der Waals surface area contributed by atoms with E-state index in [1.54, 1.807) is 11.1 Å². The Morgan fingerprint density at radius 2 is 0.960 bits per heavy atom. The van der Waals surface area contributed by atoms with Gasteiger partial charge in [-0.25, -0.2) is 0 Å². The van der Waals surface area contributed by atoms with Crippen LogP contribution in [0.25, 0.3) is 12.2 Å². The summed E-state index contributed by atoms with van der Waals surface area (Å²) < 4.78 is 0. The number of hydrogen-bond donors (Lipinski definition) is 0. The molecule has 132 valence electrons. The van der Waals surface area contributed by atoms with E-state index in [2.05, 4.69) is 74.5 Å². The molecule has 2 unspecified atom stereocenters. The van der Waals surface area contributed by atoms with E-state index >= 15 is 0 Å². The van der Waals surface area contributed by atoms with Crippen molar-refractivity contribution >= 4 is 12.2 Å². The highest BCUT2D eigenvalue weighted by molar-refractivity contribution is 5.71. The maximum absolute atomic E-state index is 2.40. The summed E-state index contributed by atoms with van der Waals surface area (Å²) in [4.78, 5) is 0. The molecule has 0 saturated heterocycles. The topological polar surface area (TPSA) is 0 Å². The highest BCUT2D eigenvalue weighted by atomic mass is 14.3. The van der Waals surface area contributed by atoms with E-state index in [1.807, 2.05) is 27.7 Å². The summed E-state index contributed by atoms with van der Waals surface area (Å²) in [6.07, 6.45) is 5.90. The van der Waals surface area contributed by atoms with Gasteiger partial charge in [-0.15, -0.1) is 0 Å². The van der Waals surface area contributed by atoms with Crippen LogP contribution in [0.2, 0.25) is 0 Å². The molecule has 0 amide bonds. The van der Waals surface area contributed by atoms with Gasteiger partial charge in [0.25, 0.3) is 0 Å². The quantitative estimate of drug-likeness (QED) is 0.525. The molecule has 0 spiro atoms. The highest BCUT2D eigenvalue weighted by Crippen LogP contribution is 2.44. The number of benzene rings is 2. The van der Waals surface area contributed by atoms with E-state index in [0.717, 1.165) is 6.42 Å². The lowest BCUT2D eigenvalue weighted by molar-refractivity contribution is 0.818. The molecule has 0 heteroatoms. The monoisotopic (exact) mass is 332 g/mol. The van der Waals surface area contributed by atoms with Gasteiger partial charge in [0.2, 0.25) is 0 Å². The molecule has 0 aliphatic heterocycles. The van der Waals surface area contributed by atoms with Crippen molar-refractivity contribution < 1.29 is 0 Å². The molecule has 2 aromatic carbocycles. The molecule has 2 atom stereocenters. The molecular formula is C25H32. The standard InChI is InChI=1S/C21H20.2C2H6/c1-14-18(11-16-7-3-5-9-20(14)16)13-19-12-17-8-4-6-10-21(17)15(19)2;2*1-2/h3-12,14-15H,13H2,1-2H3;2*1-2H3. The van der Waals surface area contributed by atoms with Crippen LogP contribution in [0.15, 0.2) is 59.7 Å². The van der Waals surface area contributed by atoms with E-state index in [0.29, 0.717) is 11.8 Å². The molecule has 0 bridgehead atoms. The van der Waals surface area contributed by atoms with Crippen molar-refractivity contribution in [1.82, 2.24) is 0 Å². The van der Waals surface area contributed by atoms with Crippen LogP contribution in [0.5, 0.6) is 0 Å². The van der Waals surface area contributed by atoms with Gasteiger partial charge in [0, 0.05) is 11.8 Å². The van der Waals surface area contributed by atoms with Gasteiger partial charge in [-0.2, -0.15) is 0 Å². The van der Waals surface area contributed by atoms with Crippen LogP contribution in [-0.2, 0) is 0 Å². The van der Waals surface area contributed by atoms with Crippen molar-refractivity contribution in [3.8, 4) is 0 Å². The molecule has 0 fully saturated rings. The summed E-state index contributed by atoms with van der Waals surface area (Å²) in [6, 6.07) is 17.6. The Morgan fingerprint density at radius 1 is 0.600 bits per heavy atom. The van der Waals surface area contributed by atoms with E-state index in [9.17, 15) is 0 Å². The zero-order valence-corrected chi connectivity index (χ0v) is 16.6. The maximum Gasteiger partial charge on any atom is 0.00323 e. The van der Waals surface area contributed by atoms with Crippen molar-refractivity contribution in [1.29, 1.82) is 0 Å². The Kier molecular flexibility index (Phi) is 6.82. The maximum atomic E-state index is 2.40. The van der Waals surface area contributed by atoms with Gasteiger partial charge >= 0.3 is 0 Å². The first-order chi connectivity index (χ1) is 12.2. The molecule has 0 saturated carbocycles. The lowest BCUT2D eigenvalue weighted by Crippen LogP contribution is -1.98. The minimum absolute atomic E-state index is 0.554. The first-order valence-electron chi connectivity index (χ1n) is 9.83. The summed E-state index contributed by atoms with van der Waals surface area (Å²) in [6.45, 7) is 12.7. The van der Waals surface area contributed by atoms with E-state index in [4.69, 9.17) is 0 Å². The van der Waals surface area contributed by atoms with Gasteiger partial charge in [-0.1, -0.05) is 113 Å². The third-order valence-electron chi connectivity index (χ3n) is 5.13. The van der Waals surface area contributed by atoms with E-state index < -0.39 is 0 Å². The van der Waals surface area contributed by atoms with Gasteiger partial charge in [0.1, 0.15) is 0 Å². The SMILES string of the molecule is CC.CC.CC1C(CC2=Cc3ccccc3C2C)=Cc2ccccc21. The Hall–Kier alpha value is -2.08. The Morgan fingerprint density at radius 3 is 1.32 bits per heavy atom. The average Bonchev–Trinajstić information content (AvgIpc) is 3.17. The number of fused-ring (bicyclic) bond motifs is 2. The predicted molar refractivity (Wildman–Crippen MR) is 113 cm³/mol. The van der Waals surface area contributed by atoms with Crippen LogP contribution < -0.4 is 0 Å². The molecule has 0 heterocycles. The molecule has 2 aromatic rings. The molecule has 25 heavy (non-hydrogen) atoms. The van der Waals surface area contributed by atoms with E-state index in [1.165, 1.54) is 22.3 Å². The third kappa shape index (κ3) is 3.79. The molecular weight excluding hydrogens is 300 g/mol. The Labute approximate surface area is 154 Å². The number of allylic oxidation sites excluding steroid dienone is 2. The minimum Gasteiger partial charge on any atom is -0.0683 e. The normalized spacial score (nSPS) is 19.4. The minimum atomic E-state index is 0.554. The fourth-order valence-corrected chi connectivity index (χ4v) is 3.77. The Balaban J connectivity index is 0.000000528. The van der Waals surface area contributed by atoms with Gasteiger partial charge < -0.3 is 0 Å². The van der Waals surface area contributed by atoms with Gasteiger partial charge in [-0.3, -0.25) is 0 Å².